The van der Waals surface area contributed by atoms with Crippen molar-refractivity contribution >= 4 is 22.6 Å². The molecule has 8 heteroatoms. The molecule has 0 aliphatic carbocycles. The van der Waals surface area contributed by atoms with Crippen LogP contribution in [0.25, 0.3) is 10.8 Å². The molecule has 1 saturated heterocycles. The van der Waals surface area contributed by atoms with E-state index in [0.29, 0.717) is 49.2 Å². The van der Waals surface area contributed by atoms with Crippen molar-refractivity contribution < 1.29 is 19.1 Å². The second-order valence-corrected chi connectivity index (χ2v) is 7.15. The molecule has 1 amide bonds. The number of rotatable bonds is 5. The van der Waals surface area contributed by atoms with E-state index in [2.05, 4.69) is 5.10 Å². The summed E-state index contributed by atoms with van der Waals surface area (Å²) in [5.41, 5.74) is 0.298. The van der Waals surface area contributed by atoms with Gasteiger partial charge in [-0.25, -0.2) is 9.48 Å². The Bertz CT molecular complexity index is 1150. The normalized spacial score (nSPS) is 14.9. The van der Waals surface area contributed by atoms with Gasteiger partial charge in [-0.05, 0) is 13.0 Å². The van der Waals surface area contributed by atoms with Gasteiger partial charge >= 0.3 is 5.97 Å². The first-order valence-corrected chi connectivity index (χ1v) is 10.2. The lowest BCUT2D eigenvalue weighted by molar-refractivity contribution is -0.145. The fourth-order valence-electron chi connectivity index (χ4n) is 3.60. The van der Waals surface area contributed by atoms with Crippen LogP contribution in [0.15, 0.2) is 59.4 Å². The molecule has 4 rings (SSSR count). The predicted molar refractivity (Wildman–Crippen MR) is 114 cm³/mol. The van der Waals surface area contributed by atoms with Gasteiger partial charge in [0.25, 0.3) is 11.5 Å². The lowest BCUT2D eigenvalue weighted by Gasteiger charge is -2.30. The molecule has 2 aromatic carbocycles. The molecule has 0 unspecified atom stereocenters. The van der Waals surface area contributed by atoms with Crippen LogP contribution in [0.3, 0.4) is 0 Å². The van der Waals surface area contributed by atoms with Crippen LogP contribution in [0.4, 0.5) is 0 Å². The maximum atomic E-state index is 13.2. The smallest absolute Gasteiger partial charge is 0.360 e. The zero-order chi connectivity index (χ0) is 21.8. The summed E-state index contributed by atoms with van der Waals surface area (Å²) in [4.78, 5) is 40.6. The summed E-state index contributed by atoms with van der Waals surface area (Å²) in [6.45, 7) is 3.82. The Morgan fingerprint density at radius 1 is 1.03 bits per heavy atom. The third-order valence-electron chi connectivity index (χ3n) is 5.23. The molecule has 1 fully saturated rings. The Labute approximate surface area is 179 Å². The first-order valence-electron chi connectivity index (χ1n) is 10.2. The van der Waals surface area contributed by atoms with E-state index >= 15 is 0 Å². The minimum absolute atomic E-state index is 0.00718. The van der Waals surface area contributed by atoms with E-state index in [9.17, 15) is 14.4 Å². The highest BCUT2D eigenvalue weighted by Gasteiger charge is 2.32. The highest BCUT2D eigenvalue weighted by molar-refractivity contribution is 6.03. The topological polar surface area (TPSA) is 90.7 Å². The summed E-state index contributed by atoms with van der Waals surface area (Å²) in [6, 6.07) is 15.6. The first-order chi connectivity index (χ1) is 15.1. The van der Waals surface area contributed by atoms with Gasteiger partial charge in [0.2, 0.25) is 6.10 Å². The Hall–Kier alpha value is -3.52. The highest BCUT2D eigenvalue weighted by atomic mass is 16.5. The van der Waals surface area contributed by atoms with Gasteiger partial charge in [-0.1, -0.05) is 48.5 Å². The van der Waals surface area contributed by atoms with E-state index in [-0.39, 0.29) is 17.2 Å². The molecule has 0 bridgehead atoms. The number of aromatic nitrogens is 2. The average molecular weight is 421 g/mol. The van der Waals surface area contributed by atoms with Crippen LogP contribution >= 0.6 is 0 Å². The molecule has 31 heavy (non-hydrogen) atoms. The lowest BCUT2D eigenvalue weighted by Crippen LogP contribution is -2.44. The molecule has 1 atom stereocenters. The second kappa shape index (κ2) is 9.09. The summed E-state index contributed by atoms with van der Waals surface area (Å²) < 4.78 is 12.3. The van der Waals surface area contributed by atoms with E-state index in [1.807, 2.05) is 6.07 Å². The molecule has 1 aliphatic rings. The summed E-state index contributed by atoms with van der Waals surface area (Å²) in [6.07, 6.45) is -1.12. The number of ether oxygens (including phenoxy) is 2. The fourth-order valence-corrected chi connectivity index (χ4v) is 3.60. The zero-order valence-corrected chi connectivity index (χ0v) is 17.2. The van der Waals surface area contributed by atoms with Gasteiger partial charge in [-0.3, -0.25) is 9.59 Å². The van der Waals surface area contributed by atoms with Gasteiger partial charge in [0.1, 0.15) is 0 Å². The lowest BCUT2D eigenvalue weighted by atomic mass is 10.1. The summed E-state index contributed by atoms with van der Waals surface area (Å²) in [5.74, 6) is -1.06. The van der Waals surface area contributed by atoms with Crippen LogP contribution in [0, 0.1) is 0 Å². The maximum Gasteiger partial charge on any atom is 0.360 e. The fraction of sp³-hybridized carbons (Fsp3) is 0.304. The van der Waals surface area contributed by atoms with Crippen molar-refractivity contribution in [2.24, 2.45) is 0 Å². The number of carbonyl (C=O) groups excluding carboxylic acids is 2. The number of hydrogen-bond acceptors (Lipinski definition) is 6. The summed E-state index contributed by atoms with van der Waals surface area (Å²) >= 11 is 0. The van der Waals surface area contributed by atoms with E-state index < -0.39 is 12.1 Å². The quantitative estimate of drug-likeness (QED) is 0.587. The molecule has 8 nitrogen and oxygen atoms in total. The van der Waals surface area contributed by atoms with Gasteiger partial charge in [0.15, 0.2) is 5.69 Å². The molecular weight excluding hydrogens is 398 g/mol. The Morgan fingerprint density at radius 2 is 1.68 bits per heavy atom. The van der Waals surface area contributed by atoms with Crippen LogP contribution in [0.5, 0.6) is 0 Å². The third-order valence-corrected chi connectivity index (χ3v) is 5.23. The van der Waals surface area contributed by atoms with Crippen molar-refractivity contribution in [1.29, 1.82) is 0 Å². The number of fused-ring (bicyclic) bond motifs is 1. The van der Waals surface area contributed by atoms with Crippen LogP contribution in [0.1, 0.15) is 29.1 Å². The number of nitrogens with zero attached hydrogens (tertiary/aromatic N) is 3. The summed E-state index contributed by atoms with van der Waals surface area (Å²) in [7, 11) is 0. The van der Waals surface area contributed by atoms with Crippen molar-refractivity contribution in [2.75, 3.05) is 26.3 Å². The largest absolute Gasteiger partial charge is 0.442 e. The van der Waals surface area contributed by atoms with Crippen LogP contribution in [-0.4, -0.2) is 52.9 Å². The minimum Gasteiger partial charge on any atom is -0.442 e. The minimum atomic E-state index is -1.12. The van der Waals surface area contributed by atoms with Crippen molar-refractivity contribution in [3.8, 4) is 0 Å². The number of aryl methyl sites for hydroxylation is 1. The zero-order valence-electron chi connectivity index (χ0n) is 17.2. The van der Waals surface area contributed by atoms with Crippen molar-refractivity contribution in [1.82, 2.24) is 14.7 Å². The van der Waals surface area contributed by atoms with E-state index in [1.165, 1.54) is 4.68 Å². The van der Waals surface area contributed by atoms with Crippen molar-refractivity contribution in [3.05, 3.63) is 76.2 Å². The number of esters is 1. The Morgan fingerprint density at radius 3 is 2.35 bits per heavy atom. The average Bonchev–Trinajstić information content (AvgIpc) is 2.83. The number of morpholine rings is 1. The van der Waals surface area contributed by atoms with E-state index in [4.69, 9.17) is 9.47 Å². The van der Waals surface area contributed by atoms with Gasteiger partial charge < -0.3 is 14.4 Å². The predicted octanol–water partition coefficient (Wildman–Crippen LogP) is 2.17. The van der Waals surface area contributed by atoms with Gasteiger partial charge in [0.05, 0.1) is 18.6 Å². The molecule has 2 heterocycles. The number of hydrogen-bond donors (Lipinski definition) is 0. The highest BCUT2D eigenvalue weighted by Crippen LogP contribution is 2.24. The summed E-state index contributed by atoms with van der Waals surface area (Å²) in [5, 5.41) is 5.00. The van der Waals surface area contributed by atoms with Crippen LogP contribution in [-0.2, 0) is 20.8 Å². The van der Waals surface area contributed by atoms with Crippen LogP contribution < -0.4 is 5.56 Å². The molecule has 0 saturated carbocycles. The maximum absolute atomic E-state index is 13.2. The third kappa shape index (κ3) is 4.20. The van der Waals surface area contributed by atoms with Gasteiger partial charge in [0, 0.05) is 30.6 Å². The molecule has 0 N–H and O–H groups in total. The molecule has 3 aromatic rings. The number of carbonyl (C=O) groups is 2. The molecule has 1 aromatic heterocycles. The van der Waals surface area contributed by atoms with E-state index in [0.717, 1.165) is 0 Å². The SMILES string of the molecule is CCn1nc(C(=O)O[C@@H](C(=O)N2CCOCC2)c2ccccc2)c2ccccc2c1=O. The Balaban J connectivity index is 1.72. The van der Waals surface area contributed by atoms with E-state index in [1.54, 1.807) is 60.4 Å². The first kappa shape index (κ1) is 20.7. The molecule has 0 spiro atoms. The van der Waals surface area contributed by atoms with Gasteiger partial charge in [-0.2, -0.15) is 5.10 Å². The monoisotopic (exact) mass is 421 g/mol. The second-order valence-electron chi connectivity index (χ2n) is 7.15. The Kier molecular flexibility index (Phi) is 6.08. The molecule has 160 valence electrons. The molecular formula is C23H23N3O5. The molecule has 0 radical (unpaired) electrons. The van der Waals surface area contributed by atoms with Crippen LogP contribution in [0.2, 0.25) is 0 Å². The number of amides is 1. The van der Waals surface area contributed by atoms with Gasteiger partial charge in [-0.15, -0.1) is 0 Å². The molecule has 1 aliphatic heterocycles. The number of benzene rings is 2. The standard InChI is InChI=1S/C23H23N3O5/c1-2-26-21(27)18-11-7-6-10-17(18)19(24-26)23(29)31-20(16-8-4-3-5-9-16)22(28)25-12-14-30-15-13-25/h3-11,20H,2,12-15H2,1H3/t20-/m1/s1. The van der Waals surface area contributed by atoms with Crippen molar-refractivity contribution in [2.45, 2.75) is 19.6 Å². The van der Waals surface area contributed by atoms with Crippen molar-refractivity contribution in [3.63, 3.8) is 0 Å².